The number of methoxy groups -OCH3 is 1. The Labute approximate surface area is 163 Å². The summed E-state index contributed by atoms with van der Waals surface area (Å²) in [6.07, 6.45) is 0. The van der Waals surface area contributed by atoms with Gasteiger partial charge in [0.1, 0.15) is 13.2 Å². The first kappa shape index (κ1) is 19.5. The molecule has 0 saturated heterocycles. The summed E-state index contributed by atoms with van der Waals surface area (Å²) in [4.78, 5) is 26.2. The standard InChI is InChI=1S/C21H23NO6/c1-14-4-6-15(7-5-14)12-22(2)19(23)13-28-21(24)16-10-17(25-3)20-18(11-16)26-8-9-27-20/h4-7,10-11H,8-9,12-13H2,1-3H3. The molecule has 0 bridgehead atoms. The van der Waals surface area contributed by atoms with Crippen LogP contribution in [0.2, 0.25) is 0 Å². The SMILES string of the molecule is COc1cc(C(=O)OCC(=O)N(C)Cc2ccc(C)cc2)cc2c1OCCO2. The summed E-state index contributed by atoms with van der Waals surface area (Å²) in [6, 6.07) is 10.9. The number of nitrogens with zero attached hydrogens (tertiary/aromatic N) is 1. The van der Waals surface area contributed by atoms with Crippen LogP contribution in [0, 0.1) is 6.92 Å². The number of benzene rings is 2. The van der Waals surface area contributed by atoms with Crippen LogP contribution in [0.5, 0.6) is 17.2 Å². The van der Waals surface area contributed by atoms with Gasteiger partial charge in [0, 0.05) is 13.6 Å². The third-order valence-electron chi connectivity index (χ3n) is 4.36. The van der Waals surface area contributed by atoms with E-state index in [9.17, 15) is 9.59 Å². The fourth-order valence-corrected chi connectivity index (χ4v) is 2.77. The second-order valence-corrected chi connectivity index (χ2v) is 6.51. The number of esters is 1. The van der Waals surface area contributed by atoms with Crippen molar-refractivity contribution in [1.82, 2.24) is 4.90 Å². The van der Waals surface area contributed by atoms with E-state index < -0.39 is 5.97 Å². The summed E-state index contributed by atoms with van der Waals surface area (Å²) in [7, 11) is 3.15. The Bertz CT molecular complexity index is 845. The van der Waals surface area contributed by atoms with Gasteiger partial charge in [0.2, 0.25) is 5.75 Å². The number of hydrogen-bond donors (Lipinski definition) is 0. The molecule has 0 radical (unpaired) electrons. The van der Waals surface area contributed by atoms with Crippen LogP contribution in [0.1, 0.15) is 21.5 Å². The highest BCUT2D eigenvalue weighted by Gasteiger charge is 2.22. The zero-order chi connectivity index (χ0) is 20.1. The summed E-state index contributed by atoms with van der Waals surface area (Å²) in [5.74, 6) is 0.331. The molecule has 0 fully saturated rings. The molecule has 28 heavy (non-hydrogen) atoms. The van der Waals surface area contributed by atoms with E-state index in [1.165, 1.54) is 24.1 Å². The lowest BCUT2D eigenvalue weighted by molar-refractivity contribution is -0.133. The van der Waals surface area contributed by atoms with Gasteiger partial charge in [-0.3, -0.25) is 4.79 Å². The number of aryl methyl sites for hydroxylation is 1. The Morgan fingerprint density at radius 2 is 1.82 bits per heavy atom. The largest absolute Gasteiger partial charge is 0.493 e. The fraction of sp³-hybridized carbons (Fsp3) is 0.333. The van der Waals surface area contributed by atoms with Crippen molar-refractivity contribution in [2.75, 3.05) is 34.0 Å². The Morgan fingerprint density at radius 3 is 2.54 bits per heavy atom. The van der Waals surface area contributed by atoms with Gasteiger partial charge in [-0.25, -0.2) is 4.79 Å². The average molecular weight is 385 g/mol. The second kappa shape index (κ2) is 8.65. The molecule has 0 atom stereocenters. The van der Waals surface area contributed by atoms with E-state index in [-0.39, 0.29) is 18.1 Å². The van der Waals surface area contributed by atoms with Crippen LogP contribution in [0.3, 0.4) is 0 Å². The second-order valence-electron chi connectivity index (χ2n) is 6.51. The van der Waals surface area contributed by atoms with E-state index >= 15 is 0 Å². The molecule has 7 nitrogen and oxygen atoms in total. The van der Waals surface area contributed by atoms with Crippen LogP contribution >= 0.6 is 0 Å². The van der Waals surface area contributed by atoms with Crippen LogP contribution in [0.25, 0.3) is 0 Å². The number of carbonyl (C=O) groups excluding carboxylic acids is 2. The van der Waals surface area contributed by atoms with E-state index in [1.54, 1.807) is 7.05 Å². The van der Waals surface area contributed by atoms with Crippen molar-refractivity contribution in [3.05, 3.63) is 53.1 Å². The van der Waals surface area contributed by atoms with Gasteiger partial charge in [0.25, 0.3) is 5.91 Å². The van der Waals surface area contributed by atoms with E-state index in [2.05, 4.69) is 0 Å². The number of carbonyl (C=O) groups is 2. The molecular formula is C21H23NO6. The quantitative estimate of drug-likeness (QED) is 0.712. The summed E-state index contributed by atoms with van der Waals surface area (Å²) >= 11 is 0. The highest BCUT2D eigenvalue weighted by atomic mass is 16.6. The smallest absolute Gasteiger partial charge is 0.338 e. The summed E-state index contributed by atoms with van der Waals surface area (Å²) in [5.41, 5.74) is 2.39. The third-order valence-corrected chi connectivity index (χ3v) is 4.36. The van der Waals surface area contributed by atoms with Crippen LogP contribution < -0.4 is 14.2 Å². The monoisotopic (exact) mass is 385 g/mol. The molecule has 7 heteroatoms. The molecule has 148 valence electrons. The molecule has 0 unspecified atom stereocenters. The zero-order valence-electron chi connectivity index (χ0n) is 16.2. The minimum Gasteiger partial charge on any atom is -0.493 e. The molecule has 0 aromatic heterocycles. The minimum absolute atomic E-state index is 0.232. The molecule has 0 N–H and O–H groups in total. The van der Waals surface area contributed by atoms with E-state index in [0.29, 0.717) is 37.0 Å². The molecule has 1 heterocycles. The van der Waals surface area contributed by atoms with Gasteiger partial charge in [-0.1, -0.05) is 29.8 Å². The number of amides is 1. The molecule has 0 aliphatic carbocycles. The Kier molecular flexibility index (Phi) is 6.03. The predicted octanol–water partition coefficient (Wildman–Crippen LogP) is 2.59. The van der Waals surface area contributed by atoms with Crippen LogP contribution in [0.4, 0.5) is 0 Å². The normalized spacial score (nSPS) is 12.2. The summed E-state index contributed by atoms with van der Waals surface area (Å²) < 4.78 is 21.4. The summed E-state index contributed by atoms with van der Waals surface area (Å²) in [6.45, 7) is 2.89. The van der Waals surface area contributed by atoms with Gasteiger partial charge < -0.3 is 23.8 Å². The molecule has 0 saturated carbocycles. The lowest BCUT2D eigenvalue weighted by Gasteiger charge is -2.21. The predicted molar refractivity (Wildman–Crippen MR) is 102 cm³/mol. The van der Waals surface area contributed by atoms with Gasteiger partial charge in [-0.15, -0.1) is 0 Å². The lowest BCUT2D eigenvalue weighted by Crippen LogP contribution is -2.30. The maximum Gasteiger partial charge on any atom is 0.338 e. The lowest BCUT2D eigenvalue weighted by atomic mass is 10.1. The third kappa shape index (κ3) is 4.54. The van der Waals surface area contributed by atoms with Gasteiger partial charge in [-0.2, -0.15) is 0 Å². The Hall–Kier alpha value is -3.22. The molecule has 3 rings (SSSR count). The molecule has 1 aliphatic heterocycles. The van der Waals surface area contributed by atoms with Gasteiger partial charge in [0.15, 0.2) is 18.1 Å². The van der Waals surface area contributed by atoms with Crippen molar-refractivity contribution in [3.8, 4) is 17.2 Å². The highest BCUT2D eigenvalue weighted by molar-refractivity contribution is 5.92. The van der Waals surface area contributed by atoms with Gasteiger partial charge in [0.05, 0.1) is 12.7 Å². The molecule has 0 spiro atoms. The van der Waals surface area contributed by atoms with E-state index in [1.807, 2.05) is 31.2 Å². The van der Waals surface area contributed by atoms with E-state index in [4.69, 9.17) is 18.9 Å². The fourth-order valence-electron chi connectivity index (χ4n) is 2.77. The van der Waals surface area contributed by atoms with Crippen molar-refractivity contribution in [2.24, 2.45) is 0 Å². The topological polar surface area (TPSA) is 74.3 Å². The van der Waals surface area contributed by atoms with Crippen LogP contribution in [-0.2, 0) is 16.1 Å². The molecule has 2 aromatic carbocycles. The Balaban J connectivity index is 1.60. The number of rotatable bonds is 6. The molecule has 1 amide bonds. The van der Waals surface area contributed by atoms with Crippen molar-refractivity contribution in [3.63, 3.8) is 0 Å². The summed E-state index contributed by atoms with van der Waals surface area (Å²) in [5, 5.41) is 0. The number of likely N-dealkylation sites (N-methyl/N-ethyl adjacent to an activating group) is 1. The molecular weight excluding hydrogens is 362 g/mol. The first-order valence-corrected chi connectivity index (χ1v) is 8.92. The van der Waals surface area contributed by atoms with Crippen molar-refractivity contribution in [2.45, 2.75) is 13.5 Å². The van der Waals surface area contributed by atoms with Crippen molar-refractivity contribution in [1.29, 1.82) is 0 Å². The van der Waals surface area contributed by atoms with Crippen LogP contribution in [0.15, 0.2) is 36.4 Å². The molecule has 2 aromatic rings. The number of fused-ring (bicyclic) bond motifs is 1. The van der Waals surface area contributed by atoms with Gasteiger partial charge >= 0.3 is 5.97 Å². The number of hydrogen-bond acceptors (Lipinski definition) is 6. The first-order valence-electron chi connectivity index (χ1n) is 8.92. The highest BCUT2D eigenvalue weighted by Crippen LogP contribution is 2.40. The Morgan fingerprint density at radius 1 is 1.11 bits per heavy atom. The maximum atomic E-state index is 12.4. The average Bonchev–Trinajstić information content (AvgIpc) is 2.72. The van der Waals surface area contributed by atoms with E-state index in [0.717, 1.165) is 11.1 Å². The van der Waals surface area contributed by atoms with Crippen molar-refractivity contribution < 1.29 is 28.5 Å². The minimum atomic E-state index is -0.632. The first-order chi connectivity index (χ1) is 13.5. The zero-order valence-corrected chi connectivity index (χ0v) is 16.2. The maximum absolute atomic E-state index is 12.4. The number of ether oxygens (including phenoxy) is 4. The van der Waals surface area contributed by atoms with Crippen LogP contribution in [-0.4, -0.2) is 50.8 Å². The molecule has 1 aliphatic rings. The van der Waals surface area contributed by atoms with Crippen molar-refractivity contribution >= 4 is 11.9 Å². The van der Waals surface area contributed by atoms with Gasteiger partial charge in [-0.05, 0) is 24.6 Å².